The first kappa shape index (κ1) is 25.4. The third-order valence-electron chi connectivity index (χ3n) is 7.77. The van der Waals surface area contributed by atoms with Crippen molar-refractivity contribution in [2.75, 3.05) is 45.3 Å². The van der Waals surface area contributed by atoms with Gasteiger partial charge in [0.25, 0.3) is 0 Å². The van der Waals surface area contributed by atoms with Crippen molar-refractivity contribution in [1.82, 2.24) is 15.1 Å². The topological polar surface area (TPSA) is 59.5 Å². The summed E-state index contributed by atoms with van der Waals surface area (Å²) in [5, 5.41) is 11.0. The summed E-state index contributed by atoms with van der Waals surface area (Å²) >= 11 is 0. The maximum absolute atomic E-state index is 14.0. The Balaban J connectivity index is 1.28. The first-order valence-corrected chi connectivity index (χ1v) is 12.6. The Morgan fingerprint density at radius 1 is 1.08 bits per heavy atom. The van der Waals surface area contributed by atoms with Crippen LogP contribution in [0.4, 0.5) is 23.4 Å². The van der Waals surface area contributed by atoms with E-state index in [-0.39, 0.29) is 29.7 Å². The van der Waals surface area contributed by atoms with Crippen molar-refractivity contribution in [3.63, 3.8) is 0 Å². The van der Waals surface area contributed by atoms with Crippen LogP contribution in [0.15, 0.2) is 24.3 Å². The molecular weight excluding hydrogens is 476 g/mol. The van der Waals surface area contributed by atoms with Gasteiger partial charge in [-0.2, -0.15) is 13.2 Å². The Labute approximate surface area is 208 Å². The van der Waals surface area contributed by atoms with E-state index in [1.807, 2.05) is 0 Å². The van der Waals surface area contributed by atoms with E-state index in [2.05, 4.69) is 20.4 Å². The number of likely N-dealkylation sites (tertiary alicyclic amines) is 1. The number of hydrogen-bond acceptors (Lipinski definition) is 6. The summed E-state index contributed by atoms with van der Waals surface area (Å²) in [6.07, 6.45) is -0.785. The minimum absolute atomic E-state index is 0.0357. The van der Waals surface area contributed by atoms with Gasteiger partial charge in [-0.3, -0.25) is 0 Å². The standard InChI is InChI=1S/C26H32F4N4O2/c1-35-15-17-2-3-20(27)10-22(17)24-11-23(26(28,29)30)25(33-32-24)31-21-8-18-13-34(14-19(18)9-21)12-16-4-6-36-7-5-16/h2-3,10-11,16,18-19,21H,4-9,12-15H2,1H3,(H,31,33)/t18-,19+,21+. The molecule has 3 atom stereocenters. The highest BCUT2D eigenvalue weighted by atomic mass is 19.4. The van der Waals surface area contributed by atoms with Gasteiger partial charge < -0.3 is 19.7 Å². The molecule has 0 amide bonds. The lowest BCUT2D eigenvalue weighted by molar-refractivity contribution is -0.137. The van der Waals surface area contributed by atoms with E-state index < -0.39 is 17.6 Å². The van der Waals surface area contributed by atoms with Crippen LogP contribution in [0.25, 0.3) is 11.3 Å². The predicted octanol–water partition coefficient (Wildman–Crippen LogP) is 5.00. The largest absolute Gasteiger partial charge is 0.420 e. The van der Waals surface area contributed by atoms with Crippen LogP contribution in [0.1, 0.15) is 36.8 Å². The number of fused-ring (bicyclic) bond motifs is 1. The zero-order chi connectivity index (χ0) is 25.3. The molecule has 3 aliphatic rings. The third kappa shape index (κ3) is 5.65. The average Bonchev–Trinajstić information content (AvgIpc) is 3.38. The molecule has 36 heavy (non-hydrogen) atoms. The Hall–Kier alpha value is -2.30. The Kier molecular flexibility index (Phi) is 7.46. The highest BCUT2D eigenvalue weighted by Gasteiger charge is 2.43. The Bertz CT molecular complexity index is 1050. The number of anilines is 1. The van der Waals surface area contributed by atoms with E-state index in [1.165, 1.54) is 19.2 Å². The van der Waals surface area contributed by atoms with Gasteiger partial charge in [0, 0.05) is 51.6 Å². The maximum atomic E-state index is 14.0. The second kappa shape index (κ2) is 10.6. The number of methoxy groups -OCH3 is 1. The number of nitrogens with one attached hydrogen (secondary N) is 1. The predicted molar refractivity (Wildman–Crippen MR) is 127 cm³/mol. The van der Waals surface area contributed by atoms with Crippen LogP contribution in [0, 0.1) is 23.6 Å². The molecular formula is C26H32F4N4O2. The maximum Gasteiger partial charge on any atom is 0.420 e. The molecule has 5 rings (SSSR count). The molecule has 2 saturated heterocycles. The van der Waals surface area contributed by atoms with Crippen molar-refractivity contribution in [1.29, 1.82) is 0 Å². The molecule has 0 spiro atoms. The molecule has 2 aliphatic heterocycles. The highest BCUT2D eigenvalue weighted by molar-refractivity contribution is 5.66. The van der Waals surface area contributed by atoms with Gasteiger partial charge in [0.05, 0.1) is 12.3 Å². The molecule has 1 aromatic heterocycles. The van der Waals surface area contributed by atoms with E-state index in [0.29, 0.717) is 23.3 Å². The lowest BCUT2D eigenvalue weighted by atomic mass is 10.00. The van der Waals surface area contributed by atoms with E-state index >= 15 is 0 Å². The SMILES string of the molecule is COCc1ccc(F)cc1-c1cc(C(F)(F)F)c(N[C@H]2C[C@@H]3CN(CC4CCOCC4)C[C@@H]3C2)nn1. The fourth-order valence-electron chi connectivity index (χ4n) is 6.07. The van der Waals surface area contributed by atoms with Gasteiger partial charge in [0.15, 0.2) is 5.82 Å². The number of benzene rings is 1. The van der Waals surface area contributed by atoms with Gasteiger partial charge in [0.1, 0.15) is 11.4 Å². The van der Waals surface area contributed by atoms with Crippen LogP contribution in [0.3, 0.4) is 0 Å². The van der Waals surface area contributed by atoms with E-state index in [0.717, 1.165) is 70.7 Å². The number of aromatic nitrogens is 2. The zero-order valence-electron chi connectivity index (χ0n) is 20.4. The summed E-state index contributed by atoms with van der Waals surface area (Å²) in [7, 11) is 1.47. The molecule has 0 unspecified atom stereocenters. The Morgan fingerprint density at radius 3 is 2.47 bits per heavy atom. The van der Waals surface area contributed by atoms with Crippen LogP contribution in [0.5, 0.6) is 0 Å². The minimum Gasteiger partial charge on any atom is -0.381 e. The monoisotopic (exact) mass is 508 g/mol. The first-order chi connectivity index (χ1) is 17.3. The number of ether oxygens (including phenoxy) is 2. The van der Waals surface area contributed by atoms with E-state index in [4.69, 9.17) is 9.47 Å². The molecule has 0 radical (unpaired) electrons. The number of alkyl halides is 3. The fourth-order valence-corrected chi connectivity index (χ4v) is 6.07. The number of nitrogens with zero attached hydrogens (tertiary/aromatic N) is 3. The number of halogens is 4. The number of rotatable bonds is 7. The Morgan fingerprint density at radius 2 is 1.81 bits per heavy atom. The van der Waals surface area contributed by atoms with Crippen LogP contribution in [-0.4, -0.2) is 61.1 Å². The zero-order valence-corrected chi connectivity index (χ0v) is 20.4. The van der Waals surface area contributed by atoms with Crippen molar-refractivity contribution in [3.8, 4) is 11.3 Å². The van der Waals surface area contributed by atoms with Crippen molar-refractivity contribution in [3.05, 3.63) is 41.2 Å². The molecule has 1 N–H and O–H groups in total. The van der Waals surface area contributed by atoms with Crippen molar-refractivity contribution < 1.29 is 27.0 Å². The van der Waals surface area contributed by atoms with Gasteiger partial charge in [0.2, 0.25) is 0 Å². The second-order valence-corrected chi connectivity index (χ2v) is 10.3. The van der Waals surface area contributed by atoms with Crippen LogP contribution in [-0.2, 0) is 22.3 Å². The average molecular weight is 509 g/mol. The number of hydrogen-bond donors (Lipinski definition) is 1. The normalized spacial score (nSPS) is 25.3. The summed E-state index contributed by atoms with van der Waals surface area (Å²) in [5.74, 6) is 0.809. The lowest BCUT2D eigenvalue weighted by Crippen LogP contribution is -2.32. The quantitative estimate of drug-likeness (QED) is 0.532. The molecule has 10 heteroatoms. The van der Waals surface area contributed by atoms with Crippen LogP contribution < -0.4 is 5.32 Å². The van der Waals surface area contributed by atoms with E-state index in [9.17, 15) is 17.6 Å². The third-order valence-corrected chi connectivity index (χ3v) is 7.77. The molecule has 6 nitrogen and oxygen atoms in total. The molecule has 1 aliphatic carbocycles. The molecule has 196 valence electrons. The van der Waals surface area contributed by atoms with Gasteiger partial charge in [-0.25, -0.2) is 4.39 Å². The second-order valence-electron chi connectivity index (χ2n) is 10.3. The summed E-state index contributed by atoms with van der Waals surface area (Å²) in [6, 6.07) is 4.76. The van der Waals surface area contributed by atoms with Gasteiger partial charge in [-0.1, -0.05) is 6.07 Å². The van der Waals surface area contributed by atoms with Gasteiger partial charge in [-0.05, 0) is 67.2 Å². The fraction of sp³-hybridized carbons (Fsp3) is 0.615. The molecule has 0 bridgehead atoms. The van der Waals surface area contributed by atoms with Gasteiger partial charge >= 0.3 is 6.18 Å². The van der Waals surface area contributed by atoms with Gasteiger partial charge in [-0.15, -0.1) is 10.2 Å². The smallest absolute Gasteiger partial charge is 0.381 e. The van der Waals surface area contributed by atoms with Crippen molar-refractivity contribution in [2.24, 2.45) is 17.8 Å². The van der Waals surface area contributed by atoms with Crippen molar-refractivity contribution >= 4 is 5.82 Å². The van der Waals surface area contributed by atoms with Crippen LogP contribution >= 0.6 is 0 Å². The molecule has 2 aromatic rings. The molecule has 3 heterocycles. The minimum atomic E-state index is -4.63. The summed E-state index contributed by atoms with van der Waals surface area (Å²) in [4.78, 5) is 2.52. The molecule has 1 aromatic carbocycles. The summed E-state index contributed by atoms with van der Waals surface area (Å²) in [6.45, 7) is 4.88. The van der Waals surface area contributed by atoms with Crippen LogP contribution in [0.2, 0.25) is 0 Å². The van der Waals surface area contributed by atoms with E-state index in [1.54, 1.807) is 0 Å². The summed E-state index contributed by atoms with van der Waals surface area (Å²) in [5.41, 5.74) is -0.151. The molecule has 3 fully saturated rings. The highest BCUT2D eigenvalue weighted by Crippen LogP contribution is 2.42. The lowest BCUT2D eigenvalue weighted by Gasteiger charge is -2.28. The first-order valence-electron chi connectivity index (χ1n) is 12.6. The van der Waals surface area contributed by atoms with Crippen molar-refractivity contribution in [2.45, 2.75) is 44.5 Å². The summed E-state index contributed by atoms with van der Waals surface area (Å²) < 4.78 is 66.6. The molecule has 1 saturated carbocycles.